The number of aromatic amines is 1. The normalized spacial score (nSPS) is 22.9. The monoisotopic (exact) mass is 272 g/mol. The van der Waals surface area contributed by atoms with Crippen molar-refractivity contribution in [2.24, 2.45) is 0 Å². The second-order valence-corrected chi connectivity index (χ2v) is 5.56. The van der Waals surface area contributed by atoms with Crippen LogP contribution in [0.5, 0.6) is 0 Å². The maximum absolute atomic E-state index is 12.1. The number of benzene rings is 1. The van der Waals surface area contributed by atoms with Gasteiger partial charge in [-0.25, -0.2) is 0 Å². The van der Waals surface area contributed by atoms with Gasteiger partial charge in [-0.15, -0.1) is 0 Å². The summed E-state index contributed by atoms with van der Waals surface area (Å²) in [6.07, 6.45) is 5.65. The van der Waals surface area contributed by atoms with Gasteiger partial charge in [-0.05, 0) is 24.5 Å². The van der Waals surface area contributed by atoms with E-state index in [1.807, 2.05) is 30.5 Å². The molecule has 106 valence electrons. The van der Waals surface area contributed by atoms with Crippen molar-refractivity contribution in [2.45, 2.75) is 44.2 Å². The molecule has 3 N–H and O–H groups in total. The molecule has 0 aliphatic heterocycles. The van der Waals surface area contributed by atoms with E-state index in [4.69, 9.17) is 0 Å². The number of H-pyrrole nitrogens is 1. The molecule has 0 radical (unpaired) electrons. The van der Waals surface area contributed by atoms with Gasteiger partial charge in [0.25, 0.3) is 0 Å². The minimum Gasteiger partial charge on any atom is -0.391 e. The molecule has 3 rings (SSSR count). The molecule has 0 spiro atoms. The van der Waals surface area contributed by atoms with Crippen LogP contribution in [0.1, 0.15) is 31.2 Å². The van der Waals surface area contributed by atoms with Gasteiger partial charge in [0.2, 0.25) is 5.91 Å². The average Bonchev–Trinajstić information content (AvgIpc) is 2.85. The quantitative estimate of drug-likeness (QED) is 0.801. The minimum absolute atomic E-state index is 0.0132. The Kier molecular flexibility index (Phi) is 3.74. The van der Waals surface area contributed by atoms with E-state index < -0.39 is 6.10 Å². The maximum Gasteiger partial charge on any atom is 0.224 e. The fraction of sp³-hybridized carbons (Fsp3) is 0.438. The van der Waals surface area contributed by atoms with Gasteiger partial charge >= 0.3 is 0 Å². The van der Waals surface area contributed by atoms with Crippen LogP contribution in [-0.2, 0) is 11.2 Å². The number of hydrogen-bond donors (Lipinski definition) is 3. The van der Waals surface area contributed by atoms with E-state index in [2.05, 4.69) is 10.3 Å². The number of aliphatic hydroxyl groups excluding tert-OH is 1. The predicted molar refractivity (Wildman–Crippen MR) is 78.4 cm³/mol. The van der Waals surface area contributed by atoms with E-state index in [1.165, 1.54) is 0 Å². The van der Waals surface area contributed by atoms with Crippen molar-refractivity contribution >= 4 is 16.8 Å². The fourth-order valence-electron chi connectivity index (χ4n) is 2.99. The van der Waals surface area contributed by atoms with Crippen LogP contribution in [0.3, 0.4) is 0 Å². The third-order valence-corrected chi connectivity index (χ3v) is 4.10. The molecule has 1 aliphatic carbocycles. The lowest BCUT2D eigenvalue weighted by atomic mass is 9.92. The molecule has 4 heteroatoms. The Morgan fingerprint density at radius 1 is 1.30 bits per heavy atom. The highest BCUT2D eigenvalue weighted by Gasteiger charge is 2.24. The van der Waals surface area contributed by atoms with Crippen molar-refractivity contribution in [3.05, 3.63) is 36.0 Å². The third kappa shape index (κ3) is 2.70. The number of rotatable bonds is 3. The summed E-state index contributed by atoms with van der Waals surface area (Å²) in [7, 11) is 0. The Bertz CT molecular complexity index is 605. The van der Waals surface area contributed by atoms with Gasteiger partial charge in [0.15, 0.2) is 0 Å². The number of para-hydroxylation sites is 1. The zero-order chi connectivity index (χ0) is 13.9. The molecule has 1 amide bonds. The Morgan fingerprint density at radius 3 is 2.95 bits per heavy atom. The molecule has 1 aromatic carbocycles. The van der Waals surface area contributed by atoms with Crippen LogP contribution in [-0.4, -0.2) is 28.1 Å². The van der Waals surface area contributed by atoms with Crippen molar-refractivity contribution < 1.29 is 9.90 Å². The van der Waals surface area contributed by atoms with E-state index >= 15 is 0 Å². The number of aliphatic hydroxyl groups is 1. The average molecular weight is 272 g/mol. The summed E-state index contributed by atoms with van der Waals surface area (Å²) in [6.45, 7) is 0. The second kappa shape index (κ2) is 5.67. The van der Waals surface area contributed by atoms with Crippen LogP contribution >= 0.6 is 0 Å². The number of carbonyl (C=O) groups excluding carboxylic acids is 1. The van der Waals surface area contributed by atoms with Crippen LogP contribution in [0.2, 0.25) is 0 Å². The Labute approximate surface area is 118 Å². The number of fused-ring (bicyclic) bond motifs is 1. The number of carbonyl (C=O) groups is 1. The molecule has 4 nitrogen and oxygen atoms in total. The molecule has 1 saturated carbocycles. The fourth-order valence-corrected chi connectivity index (χ4v) is 2.99. The van der Waals surface area contributed by atoms with Crippen molar-refractivity contribution in [3.63, 3.8) is 0 Å². The summed E-state index contributed by atoms with van der Waals surface area (Å²) < 4.78 is 0. The molecule has 20 heavy (non-hydrogen) atoms. The van der Waals surface area contributed by atoms with Crippen molar-refractivity contribution in [1.82, 2.24) is 10.3 Å². The zero-order valence-corrected chi connectivity index (χ0v) is 11.4. The molecule has 1 heterocycles. The first-order valence-corrected chi connectivity index (χ1v) is 7.26. The highest BCUT2D eigenvalue weighted by molar-refractivity contribution is 5.88. The maximum atomic E-state index is 12.1. The van der Waals surface area contributed by atoms with Gasteiger partial charge in [0.1, 0.15) is 0 Å². The molecular formula is C16H20N2O2. The molecule has 2 atom stereocenters. The molecule has 0 bridgehead atoms. The summed E-state index contributed by atoms with van der Waals surface area (Å²) >= 11 is 0. The predicted octanol–water partition coefficient (Wildman–Crippen LogP) is 2.13. The topological polar surface area (TPSA) is 65.1 Å². The smallest absolute Gasteiger partial charge is 0.224 e. The number of aromatic nitrogens is 1. The standard InChI is InChI=1S/C16H20N2O2/c19-15-8-4-3-7-14(15)18-16(20)9-11-10-17-13-6-2-1-5-12(11)13/h1-2,5-6,10,14-15,17,19H,3-4,7-9H2,(H,18,20)/t14-,15-/m1/s1. The number of nitrogens with one attached hydrogen (secondary N) is 2. The van der Waals surface area contributed by atoms with Gasteiger partial charge in [-0.3, -0.25) is 4.79 Å². The first-order chi connectivity index (χ1) is 9.74. The third-order valence-electron chi connectivity index (χ3n) is 4.10. The van der Waals surface area contributed by atoms with Crippen LogP contribution in [0.25, 0.3) is 10.9 Å². The first kappa shape index (κ1) is 13.2. The van der Waals surface area contributed by atoms with Crippen LogP contribution in [0.15, 0.2) is 30.5 Å². The Morgan fingerprint density at radius 2 is 2.10 bits per heavy atom. The Balaban J connectivity index is 1.66. The number of amides is 1. The highest BCUT2D eigenvalue weighted by Crippen LogP contribution is 2.20. The van der Waals surface area contributed by atoms with Crippen LogP contribution in [0, 0.1) is 0 Å². The van der Waals surface area contributed by atoms with Crippen molar-refractivity contribution in [3.8, 4) is 0 Å². The summed E-state index contributed by atoms with van der Waals surface area (Å²) in [5.74, 6) is -0.0132. The van der Waals surface area contributed by atoms with E-state index in [9.17, 15) is 9.90 Å². The van der Waals surface area contributed by atoms with Gasteiger partial charge in [-0.2, -0.15) is 0 Å². The van der Waals surface area contributed by atoms with Crippen molar-refractivity contribution in [1.29, 1.82) is 0 Å². The molecule has 0 unspecified atom stereocenters. The minimum atomic E-state index is -0.393. The van der Waals surface area contributed by atoms with E-state index in [0.717, 1.165) is 42.1 Å². The molecule has 1 aromatic heterocycles. The lowest BCUT2D eigenvalue weighted by molar-refractivity contribution is -0.122. The Hall–Kier alpha value is -1.81. The van der Waals surface area contributed by atoms with E-state index in [1.54, 1.807) is 0 Å². The number of hydrogen-bond acceptors (Lipinski definition) is 2. The summed E-state index contributed by atoms with van der Waals surface area (Å²) in [4.78, 5) is 15.3. The van der Waals surface area contributed by atoms with Gasteiger partial charge in [0.05, 0.1) is 18.6 Å². The van der Waals surface area contributed by atoms with E-state index in [0.29, 0.717) is 6.42 Å². The van der Waals surface area contributed by atoms with Crippen LogP contribution < -0.4 is 5.32 Å². The molecule has 0 saturated heterocycles. The largest absolute Gasteiger partial charge is 0.391 e. The highest BCUT2D eigenvalue weighted by atomic mass is 16.3. The zero-order valence-electron chi connectivity index (χ0n) is 11.4. The molecule has 1 aliphatic rings. The summed E-state index contributed by atoms with van der Waals surface area (Å²) in [5, 5.41) is 14.0. The second-order valence-electron chi connectivity index (χ2n) is 5.56. The van der Waals surface area contributed by atoms with Gasteiger partial charge < -0.3 is 15.4 Å². The molecule has 2 aromatic rings. The van der Waals surface area contributed by atoms with E-state index in [-0.39, 0.29) is 11.9 Å². The lowest BCUT2D eigenvalue weighted by Gasteiger charge is -2.28. The first-order valence-electron chi connectivity index (χ1n) is 7.26. The molecular weight excluding hydrogens is 252 g/mol. The lowest BCUT2D eigenvalue weighted by Crippen LogP contribution is -2.45. The SMILES string of the molecule is O=C(Cc1c[nH]c2ccccc12)N[C@@H]1CCCC[C@H]1O. The van der Waals surface area contributed by atoms with Gasteiger partial charge in [-0.1, -0.05) is 31.0 Å². The summed E-state index contributed by atoms with van der Waals surface area (Å²) in [5.41, 5.74) is 2.05. The molecule has 1 fully saturated rings. The van der Waals surface area contributed by atoms with Crippen molar-refractivity contribution in [2.75, 3.05) is 0 Å². The van der Waals surface area contributed by atoms with Crippen LogP contribution in [0.4, 0.5) is 0 Å². The summed E-state index contributed by atoms with van der Waals surface area (Å²) in [6, 6.07) is 7.89. The van der Waals surface area contributed by atoms with Gasteiger partial charge in [0, 0.05) is 17.1 Å².